The van der Waals surface area contributed by atoms with Crippen LogP contribution in [0.5, 0.6) is 17.2 Å². The van der Waals surface area contributed by atoms with E-state index >= 15 is 0 Å². The molecule has 0 aromatic heterocycles. The zero-order chi connectivity index (χ0) is 21.2. The number of anilines is 1. The predicted octanol–water partition coefficient (Wildman–Crippen LogP) is 6.69. The third kappa shape index (κ3) is 2.65. The highest BCUT2D eigenvalue weighted by atomic mass is 16.5. The number of hydrogen-bond donors (Lipinski definition) is 1. The second kappa shape index (κ2) is 7.14. The zero-order valence-corrected chi connectivity index (χ0v) is 18.4. The Balaban J connectivity index is 1.50. The number of rotatable bonds is 1. The fourth-order valence-electron chi connectivity index (χ4n) is 6.71. The molecule has 1 N–H and O–H groups in total. The van der Waals surface area contributed by atoms with Crippen LogP contribution in [0.15, 0.2) is 36.4 Å². The van der Waals surface area contributed by atoms with E-state index in [-0.39, 0.29) is 0 Å². The van der Waals surface area contributed by atoms with Crippen molar-refractivity contribution in [2.75, 3.05) is 31.2 Å². The summed E-state index contributed by atoms with van der Waals surface area (Å²) < 4.78 is 12.1. The van der Waals surface area contributed by atoms with Crippen LogP contribution < -0.4 is 9.64 Å². The van der Waals surface area contributed by atoms with Gasteiger partial charge in [-0.15, -0.1) is 0 Å². The Hall–Kier alpha value is -2.72. The monoisotopic (exact) mass is 427 g/mol. The molecule has 2 aliphatic carbocycles. The van der Waals surface area contributed by atoms with Crippen LogP contribution >= 0.6 is 0 Å². The van der Waals surface area contributed by atoms with Gasteiger partial charge in [-0.1, -0.05) is 37.8 Å². The minimum absolute atomic E-state index is 0.391. The summed E-state index contributed by atoms with van der Waals surface area (Å²) in [7, 11) is 0. The number of ether oxygens (including phenoxy) is 2. The van der Waals surface area contributed by atoms with Gasteiger partial charge in [0.25, 0.3) is 0 Å². The number of fused-ring (bicyclic) bond motifs is 3. The smallest absolute Gasteiger partial charge is 0.138 e. The Morgan fingerprint density at radius 3 is 2.41 bits per heavy atom. The maximum absolute atomic E-state index is 11.3. The van der Waals surface area contributed by atoms with Crippen LogP contribution in [0.4, 0.5) is 5.69 Å². The topological polar surface area (TPSA) is 41.9 Å². The summed E-state index contributed by atoms with van der Waals surface area (Å²) in [6, 6.07) is 13.0. The molecule has 4 nitrogen and oxygen atoms in total. The molecule has 3 aromatic carbocycles. The molecular weight excluding hydrogens is 398 g/mol. The van der Waals surface area contributed by atoms with E-state index in [0.29, 0.717) is 17.6 Å². The van der Waals surface area contributed by atoms with Gasteiger partial charge >= 0.3 is 0 Å². The molecule has 2 fully saturated rings. The lowest BCUT2D eigenvalue weighted by Crippen LogP contribution is -2.36. The molecule has 164 valence electrons. The van der Waals surface area contributed by atoms with Gasteiger partial charge in [0.1, 0.15) is 17.2 Å². The number of phenolic OH excluding ortho intramolecular Hbond substituents is 1. The average Bonchev–Trinajstić information content (AvgIpc) is 2.80. The van der Waals surface area contributed by atoms with Crippen molar-refractivity contribution in [3.05, 3.63) is 47.5 Å². The van der Waals surface area contributed by atoms with Crippen molar-refractivity contribution in [1.82, 2.24) is 0 Å². The molecule has 4 aliphatic rings. The summed E-state index contributed by atoms with van der Waals surface area (Å²) >= 11 is 0. The molecule has 1 saturated heterocycles. The first-order valence-corrected chi connectivity index (χ1v) is 12.3. The first-order valence-electron chi connectivity index (χ1n) is 12.3. The van der Waals surface area contributed by atoms with Crippen LogP contribution in [0.3, 0.4) is 0 Å². The van der Waals surface area contributed by atoms with Crippen LogP contribution in [0.2, 0.25) is 0 Å². The van der Waals surface area contributed by atoms with Crippen molar-refractivity contribution < 1.29 is 14.6 Å². The second-order valence-corrected chi connectivity index (χ2v) is 9.85. The molecule has 2 heterocycles. The molecule has 0 amide bonds. The molecule has 32 heavy (non-hydrogen) atoms. The molecule has 7 rings (SSSR count). The molecule has 0 bridgehead atoms. The van der Waals surface area contributed by atoms with Crippen molar-refractivity contribution in [3.63, 3.8) is 0 Å². The van der Waals surface area contributed by atoms with Gasteiger partial charge in [-0.3, -0.25) is 0 Å². The van der Waals surface area contributed by atoms with E-state index in [1.807, 2.05) is 0 Å². The first-order chi connectivity index (χ1) is 15.8. The van der Waals surface area contributed by atoms with E-state index in [0.717, 1.165) is 54.3 Å². The standard InChI is InChI=1S/C28H29NO3/c30-23-16-21-19-7-4-2-1-3-6-18(19)20-8-5-9-24-26(20)28(21)27-22(23)14-17(15-25(27)32-24)29-10-12-31-13-11-29/h5,8-9,14-16,18-19,30H,1-4,6-7,10-13H2. The molecule has 2 aliphatic heterocycles. The predicted molar refractivity (Wildman–Crippen MR) is 127 cm³/mol. The van der Waals surface area contributed by atoms with Gasteiger partial charge in [0.2, 0.25) is 0 Å². The van der Waals surface area contributed by atoms with Crippen molar-refractivity contribution >= 4 is 16.5 Å². The highest BCUT2D eigenvalue weighted by Gasteiger charge is 2.39. The molecule has 0 radical (unpaired) electrons. The maximum atomic E-state index is 11.3. The largest absolute Gasteiger partial charge is 0.507 e. The van der Waals surface area contributed by atoms with Gasteiger partial charge in [0, 0.05) is 46.7 Å². The quantitative estimate of drug-likeness (QED) is 0.367. The number of morpholine rings is 1. The van der Waals surface area contributed by atoms with Crippen molar-refractivity contribution in [3.8, 4) is 28.4 Å². The number of nitrogens with zero attached hydrogens (tertiary/aromatic N) is 1. The summed E-state index contributed by atoms with van der Waals surface area (Å²) in [6.45, 7) is 3.20. The fraction of sp³-hybridized carbons (Fsp3) is 0.429. The Morgan fingerprint density at radius 2 is 1.59 bits per heavy atom. The van der Waals surface area contributed by atoms with E-state index in [9.17, 15) is 5.11 Å². The minimum atomic E-state index is 0.391. The molecule has 3 aromatic rings. The van der Waals surface area contributed by atoms with Crippen LogP contribution in [0, 0.1) is 0 Å². The van der Waals surface area contributed by atoms with Crippen LogP contribution in [-0.4, -0.2) is 31.4 Å². The summed E-state index contributed by atoms with van der Waals surface area (Å²) in [4.78, 5) is 2.33. The minimum Gasteiger partial charge on any atom is -0.507 e. The Kier molecular flexibility index (Phi) is 4.20. The molecular formula is C28H29NO3. The third-order valence-electron chi connectivity index (χ3n) is 8.16. The lowest BCUT2D eigenvalue weighted by molar-refractivity contribution is 0.122. The number of hydrogen-bond acceptors (Lipinski definition) is 4. The number of aromatic hydroxyl groups is 1. The molecule has 4 heteroatoms. The van der Waals surface area contributed by atoms with Crippen molar-refractivity contribution in [2.45, 2.75) is 50.4 Å². The van der Waals surface area contributed by atoms with Gasteiger partial charge < -0.3 is 19.5 Å². The summed E-state index contributed by atoms with van der Waals surface area (Å²) in [5.41, 5.74) is 6.49. The lowest BCUT2D eigenvalue weighted by Gasteiger charge is -2.40. The number of benzene rings is 3. The molecule has 0 spiro atoms. The Morgan fingerprint density at radius 1 is 0.812 bits per heavy atom. The van der Waals surface area contributed by atoms with Gasteiger partial charge in [-0.25, -0.2) is 0 Å². The Labute approximate surface area is 188 Å². The Bertz CT molecular complexity index is 1230. The van der Waals surface area contributed by atoms with E-state index in [1.165, 1.54) is 60.8 Å². The van der Waals surface area contributed by atoms with Gasteiger partial charge in [-0.2, -0.15) is 0 Å². The van der Waals surface area contributed by atoms with E-state index in [4.69, 9.17) is 9.47 Å². The van der Waals surface area contributed by atoms with Gasteiger partial charge in [0.05, 0.1) is 13.2 Å². The normalized spacial score (nSPS) is 23.8. The maximum Gasteiger partial charge on any atom is 0.138 e. The zero-order valence-electron chi connectivity index (χ0n) is 18.4. The first kappa shape index (κ1) is 18.8. The van der Waals surface area contributed by atoms with Crippen molar-refractivity contribution in [1.29, 1.82) is 0 Å². The molecule has 2 atom stereocenters. The van der Waals surface area contributed by atoms with Crippen LogP contribution in [0.1, 0.15) is 61.5 Å². The average molecular weight is 428 g/mol. The van der Waals surface area contributed by atoms with E-state index in [1.54, 1.807) is 0 Å². The lowest BCUT2D eigenvalue weighted by atomic mass is 9.65. The van der Waals surface area contributed by atoms with E-state index < -0.39 is 0 Å². The highest BCUT2D eigenvalue weighted by Crippen LogP contribution is 2.61. The summed E-state index contributed by atoms with van der Waals surface area (Å²) in [5.74, 6) is 3.25. The SMILES string of the molecule is Oc1cc2c3c4c(cc(N5CCOCC5)cc14)Oc1cccc(c1-3)C1CCCCCCC21. The fourth-order valence-corrected chi connectivity index (χ4v) is 6.71. The highest BCUT2D eigenvalue weighted by molar-refractivity contribution is 6.10. The van der Waals surface area contributed by atoms with Crippen molar-refractivity contribution in [2.24, 2.45) is 0 Å². The van der Waals surface area contributed by atoms with Crippen LogP contribution in [0.25, 0.3) is 21.9 Å². The van der Waals surface area contributed by atoms with E-state index in [2.05, 4.69) is 41.3 Å². The van der Waals surface area contributed by atoms with Crippen LogP contribution in [-0.2, 0) is 4.74 Å². The molecule has 2 unspecified atom stereocenters. The third-order valence-corrected chi connectivity index (χ3v) is 8.16. The summed E-state index contributed by atoms with van der Waals surface area (Å²) in [6.07, 6.45) is 7.64. The van der Waals surface area contributed by atoms with Gasteiger partial charge in [0.15, 0.2) is 0 Å². The summed E-state index contributed by atoms with van der Waals surface area (Å²) in [5, 5.41) is 13.3. The second-order valence-electron chi connectivity index (χ2n) is 9.85. The van der Waals surface area contributed by atoms with Gasteiger partial charge in [-0.05, 0) is 54.0 Å². The number of phenols is 1. The molecule has 1 saturated carbocycles.